The zero-order valence-corrected chi connectivity index (χ0v) is 15.0. The molecular formula is C20H22N2O4. The third-order valence-corrected chi connectivity index (χ3v) is 4.76. The van der Waals surface area contributed by atoms with Gasteiger partial charge in [0, 0.05) is 18.3 Å². The van der Waals surface area contributed by atoms with Crippen LogP contribution in [0.25, 0.3) is 0 Å². The molecule has 1 aliphatic heterocycles. The molecule has 6 nitrogen and oxygen atoms in total. The Hall–Kier alpha value is -2.89. The molecule has 1 aliphatic rings. The molecule has 3 rings (SSSR count). The number of imide groups is 1. The second-order valence-corrected chi connectivity index (χ2v) is 6.49. The average Bonchev–Trinajstić information content (AvgIpc) is 2.69. The number of piperidine rings is 1. The summed E-state index contributed by atoms with van der Waals surface area (Å²) in [4.78, 5) is 31.0. The van der Waals surface area contributed by atoms with Crippen molar-refractivity contribution in [2.45, 2.75) is 31.8 Å². The second-order valence-electron chi connectivity index (χ2n) is 6.49. The van der Waals surface area contributed by atoms with Gasteiger partial charge in [-0.25, -0.2) is 14.7 Å². The van der Waals surface area contributed by atoms with Crippen molar-refractivity contribution in [3.05, 3.63) is 59.8 Å². The maximum atomic E-state index is 13.1. The number of benzene rings is 1. The van der Waals surface area contributed by atoms with Crippen molar-refractivity contribution < 1.29 is 19.1 Å². The average molecular weight is 354 g/mol. The lowest BCUT2D eigenvalue weighted by Crippen LogP contribution is -2.52. The first-order valence-electron chi connectivity index (χ1n) is 8.58. The summed E-state index contributed by atoms with van der Waals surface area (Å²) in [7, 11) is 1.52. The van der Waals surface area contributed by atoms with E-state index in [2.05, 4.69) is 4.98 Å². The number of amides is 2. The topological polar surface area (TPSA) is 68.7 Å². The minimum absolute atomic E-state index is 0.135. The Labute approximate surface area is 152 Å². The van der Waals surface area contributed by atoms with E-state index in [-0.39, 0.29) is 12.5 Å². The Kier molecular flexibility index (Phi) is 5.21. The molecule has 0 spiro atoms. The summed E-state index contributed by atoms with van der Waals surface area (Å²) in [5.41, 5.74) is 0.693. The van der Waals surface area contributed by atoms with Crippen molar-refractivity contribution in [3.63, 3.8) is 0 Å². The van der Waals surface area contributed by atoms with Gasteiger partial charge in [-0.05, 0) is 31.4 Å². The van der Waals surface area contributed by atoms with E-state index in [0.717, 1.165) is 5.56 Å². The fourth-order valence-corrected chi connectivity index (χ4v) is 3.29. The number of methoxy groups -OCH3 is 1. The van der Waals surface area contributed by atoms with Gasteiger partial charge in [0.15, 0.2) is 0 Å². The van der Waals surface area contributed by atoms with Crippen LogP contribution in [0.3, 0.4) is 0 Å². The number of carbonyl (C=O) groups is 2. The Morgan fingerprint density at radius 2 is 2.00 bits per heavy atom. The quantitative estimate of drug-likeness (QED) is 0.843. The molecule has 0 bridgehead atoms. The molecule has 0 radical (unpaired) electrons. The number of carbonyl (C=O) groups excluding carboxylic acids is 2. The van der Waals surface area contributed by atoms with Crippen LogP contribution in [0.2, 0.25) is 0 Å². The summed E-state index contributed by atoms with van der Waals surface area (Å²) in [6.45, 7) is 2.31. The highest BCUT2D eigenvalue weighted by Gasteiger charge is 2.45. The fourth-order valence-electron chi connectivity index (χ4n) is 3.29. The van der Waals surface area contributed by atoms with Gasteiger partial charge in [-0.3, -0.25) is 4.79 Å². The lowest BCUT2D eigenvalue weighted by atomic mass is 9.75. The van der Waals surface area contributed by atoms with Gasteiger partial charge in [-0.2, -0.15) is 0 Å². The normalized spacial score (nSPS) is 19.9. The predicted molar refractivity (Wildman–Crippen MR) is 95.7 cm³/mol. The van der Waals surface area contributed by atoms with Crippen molar-refractivity contribution >= 4 is 12.0 Å². The molecule has 2 amide bonds. The standard InChI is InChI=1S/C20H22N2O4/c1-20(16-10-6-12-21-17(16)25-2)11-7-13-22(18(20)23)19(24)26-14-15-8-4-3-5-9-15/h3-6,8-10,12H,7,11,13-14H2,1-2H3. The zero-order chi connectivity index (χ0) is 18.6. The molecule has 1 saturated heterocycles. The van der Waals surface area contributed by atoms with Gasteiger partial charge in [0.1, 0.15) is 6.61 Å². The molecule has 2 heterocycles. The summed E-state index contributed by atoms with van der Waals surface area (Å²) in [6, 6.07) is 13.0. The molecule has 1 aromatic carbocycles. The van der Waals surface area contributed by atoms with E-state index in [4.69, 9.17) is 9.47 Å². The maximum absolute atomic E-state index is 13.1. The van der Waals surface area contributed by atoms with Crippen molar-refractivity contribution in [1.82, 2.24) is 9.88 Å². The molecule has 2 aromatic rings. The first-order chi connectivity index (χ1) is 12.6. The summed E-state index contributed by atoms with van der Waals surface area (Å²) in [5.74, 6) is 0.121. The SMILES string of the molecule is COc1ncccc1C1(C)CCCN(C(=O)OCc2ccccc2)C1=O. The van der Waals surface area contributed by atoms with Gasteiger partial charge >= 0.3 is 6.09 Å². The third kappa shape index (κ3) is 3.40. The lowest BCUT2D eigenvalue weighted by Gasteiger charge is -2.38. The number of ether oxygens (including phenoxy) is 2. The van der Waals surface area contributed by atoms with E-state index < -0.39 is 11.5 Å². The summed E-state index contributed by atoms with van der Waals surface area (Å²) in [5, 5.41) is 0. The monoisotopic (exact) mass is 354 g/mol. The van der Waals surface area contributed by atoms with Crippen molar-refractivity contribution in [1.29, 1.82) is 0 Å². The highest BCUT2D eigenvalue weighted by molar-refractivity contribution is 5.99. The first kappa shape index (κ1) is 17.9. The summed E-state index contributed by atoms with van der Waals surface area (Å²) in [6.07, 6.45) is 2.31. The Morgan fingerprint density at radius 1 is 1.23 bits per heavy atom. The maximum Gasteiger partial charge on any atom is 0.416 e. The fraction of sp³-hybridized carbons (Fsp3) is 0.350. The molecule has 0 N–H and O–H groups in total. The zero-order valence-electron chi connectivity index (χ0n) is 15.0. The van der Waals surface area contributed by atoms with Gasteiger partial charge < -0.3 is 9.47 Å². The van der Waals surface area contributed by atoms with E-state index >= 15 is 0 Å². The highest BCUT2D eigenvalue weighted by Crippen LogP contribution is 2.38. The van der Waals surface area contributed by atoms with Crippen LogP contribution < -0.4 is 4.74 Å². The van der Waals surface area contributed by atoms with E-state index in [1.54, 1.807) is 12.3 Å². The molecule has 0 aliphatic carbocycles. The van der Waals surface area contributed by atoms with Gasteiger partial charge in [-0.15, -0.1) is 0 Å². The second kappa shape index (κ2) is 7.56. The Balaban J connectivity index is 1.77. The van der Waals surface area contributed by atoms with Crippen LogP contribution in [0.15, 0.2) is 48.7 Å². The van der Waals surface area contributed by atoms with Crippen LogP contribution in [-0.2, 0) is 21.6 Å². The molecule has 1 unspecified atom stereocenters. The van der Waals surface area contributed by atoms with Gasteiger partial charge in [0.25, 0.3) is 0 Å². The molecule has 26 heavy (non-hydrogen) atoms. The van der Waals surface area contributed by atoms with Crippen molar-refractivity contribution in [2.24, 2.45) is 0 Å². The predicted octanol–water partition coefficient (Wildman–Crippen LogP) is 3.31. The highest BCUT2D eigenvalue weighted by atomic mass is 16.6. The van der Waals surface area contributed by atoms with E-state index in [1.165, 1.54) is 12.0 Å². The van der Waals surface area contributed by atoms with Crippen LogP contribution in [0, 0.1) is 0 Å². The lowest BCUT2D eigenvalue weighted by molar-refractivity contribution is -0.138. The van der Waals surface area contributed by atoms with Gasteiger partial charge in [0.05, 0.1) is 12.5 Å². The van der Waals surface area contributed by atoms with Gasteiger partial charge in [0.2, 0.25) is 11.8 Å². The number of likely N-dealkylation sites (tertiary alicyclic amines) is 1. The molecule has 1 aromatic heterocycles. The van der Waals surface area contributed by atoms with Crippen molar-refractivity contribution in [3.8, 4) is 5.88 Å². The summed E-state index contributed by atoms with van der Waals surface area (Å²) >= 11 is 0. The minimum Gasteiger partial charge on any atom is -0.481 e. The van der Waals surface area contributed by atoms with Crippen molar-refractivity contribution in [2.75, 3.05) is 13.7 Å². The molecule has 6 heteroatoms. The molecule has 136 valence electrons. The molecule has 1 atom stereocenters. The molecular weight excluding hydrogens is 332 g/mol. The largest absolute Gasteiger partial charge is 0.481 e. The van der Waals surface area contributed by atoms with E-state index in [9.17, 15) is 9.59 Å². The van der Waals surface area contributed by atoms with Crippen LogP contribution in [-0.4, -0.2) is 35.5 Å². The number of hydrogen-bond acceptors (Lipinski definition) is 5. The van der Waals surface area contributed by atoms with Gasteiger partial charge in [-0.1, -0.05) is 36.4 Å². The minimum atomic E-state index is -0.871. The Bertz CT molecular complexity index is 793. The summed E-state index contributed by atoms with van der Waals surface area (Å²) < 4.78 is 10.7. The molecule has 1 fully saturated rings. The number of nitrogens with zero attached hydrogens (tertiary/aromatic N) is 2. The van der Waals surface area contributed by atoms with Crippen LogP contribution >= 0.6 is 0 Å². The van der Waals surface area contributed by atoms with Crippen LogP contribution in [0.4, 0.5) is 4.79 Å². The number of rotatable bonds is 4. The number of aromatic nitrogens is 1. The molecule has 0 saturated carbocycles. The number of hydrogen-bond donors (Lipinski definition) is 0. The van der Waals surface area contributed by atoms with Crippen LogP contribution in [0.1, 0.15) is 30.9 Å². The number of pyridine rings is 1. The van der Waals surface area contributed by atoms with E-state index in [0.29, 0.717) is 30.8 Å². The smallest absolute Gasteiger partial charge is 0.416 e. The van der Waals surface area contributed by atoms with E-state index in [1.807, 2.05) is 43.3 Å². The third-order valence-electron chi connectivity index (χ3n) is 4.76. The first-order valence-corrected chi connectivity index (χ1v) is 8.58. The Morgan fingerprint density at radius 3 is 2.73 bits per heavy atom. The van der Waals surface area contributed by atoms with Crippen LogP contribution in [0.5, 0.6) is 5.88 Å².